The molecule has 0 fully saturated rings. The molecule has 0 aliphatic heterocycles. The molecule has 24 nitrogen and oxygen atoms in total. The van der Waals surface area contributed by atoms with Crippen molar-refractivity contribution in [2.75, 3.05) is 58.6 Å². The number of rotatable bonds is 26. The monoisotopic (exact) mass is 932 g/mol. The van der Waals surface area contributed by atoms with Crippen molar-refractivity contribution in [3.63, 3.8) is 0 Å². The molecule has 65 heavy (non-hydrogen) atoms. The molecule has 0 spiro atoms. The fourth-order valence-corrected chi connectivity index (χ4v) is 6.13. The van der Waals surface area contributed by atoms with Crippen LogP contribution in [0.1, 0.15) is 52.0 Å². The van der Waals surface area contributed by atoms with Gasteiger partial charge in [0.1, 0.15) is 19.0 Å². The first kappa shape index (κ1) is 50.2. The number of anilines is 1. The SMILES string of the molecule is COc1ccc(-c2nc(NS(=O)(=O)c3ccc(C(C)(C)C)cn3)c(Oc3ccccc3OC)c(OCC(COC(=O)OCCCCO[N+](=O)[O-])OC(=O)OCCCCO[N+](=O)[O-])n2)cc1. The van der Waals surface area contributed by atoms with Crippen molar-refractivity contribution >= 4 is 28.2 Å². The molecule has 4 aromatic rings. The Morgan fingerprint density at radius 2 is 1.37 bits per heavy atom. The second kappa shape index (κ2) is 24.4. The van der Waals surface area contributed by atoms with Crippen LogP contribution in [0.4, 0.5) is 15.4 Å². The van der Waals surface area contributed by atoms with Gasteiger partial charge in [-0.3, -0.25) is 4.72 Å². The van der Waals surface area contributed by atoms with Crippen LogP contribution in [0.2, 0.25) is 0 Å². The van der Waals surface area contributed by atoms with E-state index in [0.717, 1.165) is 5.56 Å². The van der Waals surface area contributed by atoms with Gasteiger partial charge in [-0.25, -0.2) is 19.6 Å². The average molecular weight is 933 g/mol. The summed E-state index contributed by atoms with van der Waals surface area (Å²) in [6, 6.07) is 15.8. The number of hydrogen-bond donors (Lipinski definition) is 1. The summed E-state index contributed by atoms with van der Waals surface area (Å²) in [7, 11) is -1.65. The van der Waals surface area contributed by atoms with Crippen LogP contribution in [-0.2, 0) is 44.1 Å². The predicted octanol–water partition coefficient (Wildman–Crippen LogP) is 6.48. The zero-order chi connectivity index (χ0) is 47.4. The lowest BCUT2D eigenvalue weighted by atomic mass is 9.88. The topological polar surface area (TPSA) is 298 Å². The van der Waals surface area contributed by atoms with Gasteiger partial charge >= 0.3 is 12.3 Å². The smallest absolute Gasteiger partial charge is 0.497 e. The minimum absolute atomic E-state index is 0.0739. The normalized spacial score (nSPS) is 11.6. The van der Waals surface area contributed by atoms with Gasteiger partial charge in [0.2, 0.25) is 5.75 Å². The number of nitrogens with one attached hydrogen (secondary N) is 1. The minimum atomic E-state index is -4.51. The zero-order valence-corrected chi connectivity index (χ0v) is 36.8. The summed E-state index contributed by atoms with van der Waals surface area (Å²) in [4.78, 5) is 67.9. The molecule has 352 valence electrons. The highest BCUT2D eigenvalue weighted by atomic mass is 32.2. The summed E-state index contributed by atoms with van der Waals surface area (Å²) in [6.07, 6.45) is -1.77. The Balaban J connectivity index is 1.71. The first-order chi connectivity index (χ1) is 31.0. The van der Waals surface area contributed by atoms with Gasteiger partial charge in [0.05, 0.1) is 40.6 Å². The Bertz CT molecular complexity index is 2310. The largest absolute Gasteiger partial charge is 0.508 e. The number of unbranched alkanes of at least 4 members (excludes halogenated alkanes) is 2. The zero-order valence-electron chi connectivity index (χ0n) is 36.0. The number of methoxy groups -OCH3 is 2. The minimum Gasteiger partial charge on any atom is -0.497 e. The lowest BCUT2D eigenvalue weighted by molar-refractivity contribution is -0.757. The van der Waals surface area contributed by atoms with Gasteiger partial charge in [-0.15, -0.1) is 20.2 Å². The lowest BCUT2D eigenvalue weighted by Gasteiger charge is -2.21. The predicted molar refractivity (Wildman–Crippen MR) is 224 cm³/mol. The first-order valence-electron chi connectivity index (χ1n) is 19.7. The summed E-state index contributed by atoms with van der Waals surface area (Å²) < 4.78 is 74.3. The average Bonchev–Trinajstić information content (AvgIpc) is 3.27. The van der Waals surface area contributed by atoms with Crippen molar-refractivity contribution in [3.05, 3.63) is 92.7 Å². The molecule has 0 saturated heterocycles. The fraction of sp³-hybridized carbons (Fsp3) is 0.425. The molecule has 0 radical (unpaired) electrons. The van der Waals surface area contributed by atoms with Crippen LogP contribution < -0.4 is 23.7 Å². The number of nitrogens with zero attached hydrogens (tertiary/aromatic N) is 5. The molecule has 0 amide bonds. The molecule has 1 N–H and O–H groups in total. The molecule has 1 unspecified atom stereocenters. The van der Waals surface area contributed by atoms with Crippen LogP contribution in [0.3, 0.4) is 0 Å². The summed E-state index contributed by atoms with van der Waals surface area (Å²) in [5, 5.41) is 18.5. The van der Waals surface area contributed by atoms with Crippen molar-refractivity contribution in [2.45, 2.75) is 63.0 Å². The van der Waals surface area contributed by atoms with Gasteiger partial charge in [-0.05, 0) is 79.1 Å². The fourth-order valence-electron chi connectivity index (χ4n) is 5.19. The number of benzene rings is 2. The molecular weight excluding hydrogens is 885 g/mol. The Hall–Kier alpha value is -7.44. The maximum atomic E-state index is 14.0. The van der Waals surface area contributed by atoms with Crippen LogP contribution in [0.25, 0.3) is 11.4 Å². The van der Waals surface area contributed by atoms with Gasteiger partial charge in [0, 0.05) is 11.8 Å². The van der Waals surface area contributed by atoms with Crippen LogP contribution in [0.15, 0.2) is 71.9 Å². The molecule has 1 atom stereocenters. The summed E-state index contributed by atoms with van der Waals surface area (Å²) in [6.45, 7) is 3.60. The molecule has 2 aromatic heterocycles. The van der Waals surface area contributed by atoms with Crippen molar-refractivity contribution < 1.29 is 75.8 Å². The Morgan fingerprint density at radius 1 is 0.754 bits per heavy atom. The second-order valence-corrected chi connectivity index (χ2v) is 16.0. The van der Waals surface area contributed by atoms with Gasteiger partial charge < -0.3 is 47.6 Å². The Kier molecular flexibility index (Phi) is 18.9. The molecule has 0 aliphatic carbocycles. The van der Waals surface area contributed by atoms with E-state index < -0.39 is 63.5 Å². The number of sulfonamides is 1. The highest BCUT2D eigenvalue weighted by Gasteiger charge is 2.28. The van der Waals surface area contributed by atoms with E-state index in [1.54, 1.807) is 48.5 Å². The van der Waals surface area contributed by atoms with Crippen LogP contribution in [0.5, 0.6) is 28.9 Å². The lowest BCUT2D eigenvalue weighted by Crippen LogP contribution is -2.32. The van der Waals surface area contributed by atoms with Crippen LogP contribution >= 0.6 is 0 Å². The number of ether oxygens (including phenoxy) is 8. The number of aromatic nitrogens is 3. The number of para-hydroxylation sites is 2. The quantitative estimate of drug-likeness (QED) is 0.0305. The summed E-state index contributed by atoms with van der Waals surface area (Å²) >= 11 is 0. The Labute approximate surface area is 372 Å². The third-order valence-corrected chi connectivity index (χ3v) is 9.79. The van der Waals surface area contributed by atoms with E-state index in [1.807, 2.05) is 20.8 Å². The van der Waals surface area contributed by atoms with Crippen LogP contribution in [0, 0.1) is 20.2 Å². The van der Waals surface area contributed by atoms with Crippen molar-refractivity contribution in [1.82, 2.24) is 15.0 Å². The highest BCUT2D eigenvalue weighted by molar-refractivity contribution is 7.92. The summed E-state index contributed by atoms with van der Waals surface area (Å²) in [5.74, 6) is -0.507. The van der Waals surface area contributed by atoms with E-state index >= 15 is 0 Å². The maximum Gasteiger partial charge on any atom is 0.508 e. The highest BCUT2D eigenvalue weighted by Crippen LogP contribution is 2.42. The van der Waals surface area contributed by atoms with Gasteiger partial charge in [-0.2, -0.15) is 13.4 Å². The number of pyridine rings is 1. The van der Waals surface area contributed by atoms with E-state index in [1.165, 1.54) is 32.5 Å². The van der Waals surface area contributed by atoms with Crippen LogP contribution in [-0.4, -0.2) is 106 Å². The van der Waals surface area contributed by atoms with E-state index in [2.05, 4.69) is 29.3 Å². The van der Waals surface area contributed by atoms with Gasteiger partial charge in [-0.1, -0.05) is 39.0 Å². The van der Waals surface area contributed by atoms with E-state index in [9.17, 15) is 38.2 Å². The second-order valence-electron chi connectivity index (χ2n) is 14.3. The van der Waals surface area contributed by atoms with Crippen molar-refractivity contribution in [3.8, 4) is 40.3 Å². The van der Waals surface area contributed by atoms with E-state index in [0.29, 0.717) is 11.3 Å². The molecule has 2 heterocycles. The van der Waals surface area contributed by atoms with Crippen molar-refractivity contribution in [2.24, 2.45) is 0 Å². The molecule has 2 aromatic carbocycles. The molecule has 0 aliphatic rings. The molecule has 25 heteroatoms. The third kappa shape index (κ3) is 16.6. The first-order valence-corrected chi connectivity index (χ1v) is 21.1. The standard InChI is InChI=1S/C40H48N6O18S/c1-40(2,3)28-16-19-33(41-24-28)65(53,54)44-36-34(64-32-13-7-6-12-31(32)56-5)37(43-35(42-36)27-14-17-29(55-4)18-15-27)59-25-30(63-39(48)58-21-9-11-23-62-46(51)52)26-60-38(47)57-20-8-10-22-61-45(49)50/h6-7,12-19,24,30H,8-11,20-23,25-26H2,1-5H3,(H,42,43,44). The van der Waals surface area contributed by atoms with E-state index in [4.69, 9.17) is 37.9 Å². The van der Waals surface area contributed by atoms with Gasteiger partial charge in [0.25, 0.3) is 26.1 Å². The summed E-state index contributed by atoms with van der Waals surface area (Å²) in [5.41, 5.74) is 0.808. The third-order valence-electron chi connectivity index (χ3n) is 8.54. The number of carbonyl (C=O) groups excluding carboxylic acids is 2. The van der Waals surface area contributed by atoms with Gasteiger partial charge in [0.15, 0.2) is 34.3 Å². The molecular formula is C40H48N6O18S. The van der Waals surface area contributed by atoms with E-state index in [-0.39, 0.29) is 85.6 Å². The molecule has 4 rings (SSSR count). The molecule has 0 saturated carbocycles. The number of carbonyl (C=O) groups is 2. The Morgan fingerprint density at radius 3 is 1.94 bits per heavy atom. The molecule has 0 bridgehead atoms. The van der Waals surface area contributed by atoms with Crippen molar-refractivity contribution in [1.29, 1.82) is 0 Å². The maximum absolute atomic E-state index is 14.0. The number of hydrogen-bond acceptors (Lipinski definition) is 21.